The SMILES string of the molecule is O=S(=O)(c1ccc(F)cc1)N1CCN(CC2CCNCC2)CC1. The molecule has 0 amide bonds. The van der Waals surface area contributed by atoms with Gasteiger partial charge in [0, 0.05) is 32.7 Å². The Morgan fingerprint density at radius 1 is 1.04 bits per heavy atom. The minimum Gasteiger partial charge on any atom is -0.317 e. The highest BCUT2D eigenvalue weighted by Crippen LogP contribution is 2.20. The van der Waals surface area contributed by atoms with Crippen LogP contribution < -0.4 is 5.32 Å². The smallest absolute Gasteiger partial charge is 0.243 e. The molecule has 0 atom stereocenters. The van der Waals surface area contributed by atoms with E-state index in [1.54, 1.807) is 0 Å². The van der Waals surface area contributed by atoms with E-state index in [0.29, 0.717) is 13.1 Å². The third-order valence-electron chi connectivity index (χ3n) is 4.76. The van der Waals surface area contributed by atoms with Crippen LogP contribution in [0, 0.1) is 11.7 Å². The Morgan fingerprint density at radius 3 is 2.26 bits per heavy atom. The molecule has 1 N–H and O–H groups in total. The fraction of sp³-hybridized carbons (Fsp3) is 0.625. The molecule has 0 aromatic heterocycles. The molecule has 7 heteroatoms. The van der Waals surface area contributed by atoms with Gasteiger partial charge in [0.1, 0.15) is 5.82 Å². The maximum Gasteiger partial charge on any atom is 0.243 e. The molecule has 1 aromatic rings. The standard InChI is InChI=1S/C16H24FN3O2S/c17-15-1-3-16(4-2-15)23(21,22)20-11-9-19(10-12-20)13-14-5-7-18-8-6-14/h1-4,14,18H,5-13H2. The molecule has 2 saturated heterocycles. The third kappa shape index (κ3) is 4.09. The van der Waals surface area contributed by atoms with Crippen LogP contribution in [0.15, 0.2) is 29.2 Å². The molecule has 1 aromatic carbocycles. The molecule has 0 unspecified atom stereocenters. The number of sulfonamides is 1. The predicted octanol–water partition coefficient (Wildman–Crippen LogP) is 1.13. The maximum absolute atomic E-state index is 13.0. The molecule has 0 radical (unpaired) electrons. The van der Waals surface area contributed by atoms with E-state index in [0.717, 1.165) is 38.6 Å². The molecule has 0 bridgehead atoms. The number of benzene rings is 1. The fourth-order valence-corrected chi connectivity index (χ4v) is 4.76. The zero-order valence-corrected chi connectivity index (χ0v) is 14.1. The molecule has 3 rings (SSSR count). The Kier molecular flexibility index (Phi) is 5.31. The summed E-state index contributed by atoms with van der Waals surface area (Å²) in [6.45, 7) is 5.78. The summed E-state index contributed by atoms with van der Waals surface area (Å²) in [5, 5.41) is 3.37. The van der Waals surface area contributed by atoms with E-state index in [1.165, 1.54) is 41.4 Å². The first kappa shape index (κ1) is 16.8. The van der Waals surface area contributed by atoms with Gasteiger partial charge in [0.25, 0.3) is 0 Å². The second-order valence-corrected chi connectivity index (χ2v) is 8.29. The van der Waals surface area contributed by atoms with Crippen LogP contribution in [0.4, 0.5) is 4.39 Å². The molecular formula is C16H24FN3O2S. The van der Waals surface area contributed by atoms with Crippen molar-refractivity contribution in [2.75, 3.05) is 45.8 Å². The first-order valence-electron chi connectivity index (χ1n) is 8.24. The van der Waals surface area contributed by atoms with Crippen LogP contribution in [0.1, 0.15) is 12.8 Å². The van der Waals surface area contributed by atoms with Crippen LogP contribution in [0.2, 0.25) is 0 Å². The second kappa shape index (κ2) is 7.25. The molecule has 128 valence electrons. The number of piperazine rings is 1. The number of nitrogens with zero attached hydrogens (tertiary/aromatic N) is 2. The van der Waals surface area contributed by atoms with Gasteiger partial charge in [-0.1, -0.05) is 0 Å². The summed E-state index contributed by atoms with van der Waals surface area (Å²) < 4.78 is 39.6. The van der Waals surface area contributed by atoms with Gasteiger partial charge in [-0.25, -0.2) is 12.8 Å². The minimum absolute atomic E-state index is 0.172. The number of rotatable bonds is 4. The minimum atomic E-state index is -3.51. The van der Waals surface area contributed by atoms with Gasteiger partial charge in [0.05, 0.1) is 4.90 Å². The molecule has 23 heavy (non-hydrogen) atoms. The van der Waals surface area contributed by atoms with Gasteiger partial charge in [-0.2, -0.15) is 4.31 Å². The van der Waals surface area contributed by atoms with E-state index in [9.17, 15) is 12.8 Å². The first-order valence-corrected chi connectivity index (χ1v) is 9.68. The van der Waals surface area contributed by atoms with Gasteiger partial charge in [-0.15, -0.1) is 0 Å². The average Bonchev–Trinajstić information content (AvgIpc) is 2.57. The maximum atomic E-state index is 13.0. The molecule has 2 aliphatic rings. The Morgan fingerprint density at radius 2 is 1.65 bits per heavy atom. The van der Waals surface area contributed by atoms with Crippen molar-refractivity contribution in [1.82, 2.24) is 14.5 Å². The van der Waals surface area contributed by atoms with Crippen LogP contribution in [0.5, 0.6) is 0 Å². The zero-order valence-electron chi connectivity index (χ0n) is 13.2. The number of nitrogens with one attached hydrogen (secondary N) is 1. The van der Waals surface area contributed by atoms with Crippen molar-refractivity contribution in [1.29, 1.82) is 0 Å². The van der Waals surface area contributed by atoms with Gasteiger partial charge in [0.2, 0.25) is 10.0 Å². The summed E-state index contributed by atoms with van der Waals surface area (Å²) in [6, 6.07) is 5.07. The quantitative estimate of drug-likeness (QED) is 0.892. The normalized spacial score (nSPS) is 22.3. The average molecular weight is 341 g/mol. The van der Waals surface area contributed by atoms with Crippen LogP contribution in [-0.4, -0.2) is 63.4 Å². The Labute approximate surface area is 137 Å². The highest BCUT2D eigenvalue weighted by Gasteiger charge is 2.29. The summed E-state index contributed by atoms with van der Waals surface area (Å²) in [5.74, 6) is 0.298. The van der Waals surface area contributed by atoms with Crippen molar-refractivity contribution in [3.8, 4) is 0 Å². The summed E-state index contributed by atoms with van der Waals surface area (Å²) in [5.41, 5.74) is 0. The van der Waals surface area contributed by atoms with Crippen molar-refractivity contribution in [3.63, 3.8) is 0 Å². The van der Waals surface area contributed by atoms with Crippen molar-refractivity contribution in [2.24, 2.45) is 5.92 Å². The van der Waals surface area contributed by atoms with E-state index in [4.69, 9.17) is 0 Å². The van der Waals surface area contributed by atoms with Crippen molar-refractivity contribution in [2.45, 2.75) is 17.7 Å². The lowest BCUT2D eigenvalue weighted by Gasteiger charge is -2.36. The topological polar surface area (TPSA) is 52.7 Å². The first-order chi connectivity index (χ1) is 11.1. The van der Waals surface area contributed by atoms with Gasteiger partial charge in [-0.3, -0.25) is 0 Å². The summed E-state index contributed by atoms with van der Waals surface area (Å²) in [4.78, 5) is 2.54. The van der Waals surface area contributed by atoms with Crippen LogP contribution >= 0.6 is 0 Å². The summed E-state index contributed by atoms with van der Waals surface area (Å²) in [6.07, 6.45) is 2.40. The van der Waals surface area contributed by atoms with Gasteiger partial charge in [0.15, 0.2) is 0 Å². The lowest BCUT2D eigenvalue weighted by molar-refractivity contribution is 0.152. The Balaban J connectivity index is 1.56. The highest BCUT2D eigenvalue weighted by molar-refractivity contribution is 7.89. The van der Waals surface area contributed by atoms with Crippen LogP contribution in [0.3, 0.4) is 0 Å². The molecule has 2 fully saturated rings. The van der Waals surface area contributed by atoms with Crippen molar-refractivity contribution >= 4 is 10.0 Å². The van der Waals surface area contributed by atoms with E-state index in [2.05, 4.69) is 10.2 Å². The van der Waals surface area contributed by atoms with Gasteiger partial charge in [-0.05, 0) is 56.1 Å². The van der Waals surface area contributed by atoms with Crippen LogP contribution in [0.25, 0.3) is 0 Å². The molecule has 0 aliphatic carbocycles. The number of piperidine rings is 1. The number of hydrogen-bond donors (Lipinski definition) is 1. The third-order valence-corrected chi connectivity index (χ3v) is 6.67. The summed E-state index contributed by atoms with van der Waals surface area (Å²) >= 11 is 0. The summed E-state index contributed by atoms with van der Waals surface area (Å²) in [7, 11) is -3.51. The molecule has 0 spiro atoms. The lowest BCUT2D eigenvalue weighted by Crippen LogP contribution is -2.50. The van der Waals surface area contributed by atoms with E-state index in [-0.39, 0.29) is 4.90 Å². The largest absolute Gasteiger partial charge is 0.317 e. The predicted molar refractivity (Wildman–Crippen MR) is 87.2 cm³/mol. The molecule has 5 nitrogen and oxygen atoms in total. The Hall–Kier alpha value is -1.02. The van der Waals surface area contributed by atoms with E-state index < -0.39 is 15.8 Å². The van der Waals surface area contributed by atoms with Crippen molar-refractivity contribution < 1.29 is 12.8 Å². The van der Waals surface area contributed by atoms with Gasteiger partial charge < -0.3 is 10.2 Å². The van der Waals surface area contributed by atoms with Gasteiger partial charge >= 0.3 is 0 Å². The lowest BCUT2D eigenvalue weighted by atomic mass is 9.97. The Bertz CT molecular complexity index is 607. The van der Waals surface area contributed by atoms with E-state index in [1.807, 2.05) is 0 Å². The molecule has 2 heterocycles. The molecular weight excluding hydrogens is 317 g/mol. The molecule has 2 aliphatic heterocycles. The fourth-order valence-electron chi connectivity index (χ4n) is 3.34. The number of hydrogen-bond acceptors (Lipinski definition) is 4. The van der Waals surface area contributed by atoms with E-state index >= 15 is 0 Å². The zero-order chi connectivity index (χ0) is 16.3. The monoisotopic (exact) mass is 341 g/mol. The highest BCUT2D eigenvalue weighted by atomic mass is 32.2. The van der Waals surface area contributed by atoms with Crippen LogP contribution in [-0.2, 0) is 10.0 Å². The second-order valence-electron chi connectivity index (χ2n) is 6.35. The van der Waals surface area contributed by atoms with Crippen molar-refractivity contribution in [3.05, 3.63) is 30.1 Å². The number of halogens is 1. The molecule has 0 saturated carbocycles.